The van der Waals surface area contributed by atoms with Gasteiger partial charge in [-0.25, -0.2) is 0 Å². The highest BCUT2D eigenvalue weighted by atomic mass is 79.9. The third kappa shape index (κ3) is 4.03. The molecular weight excluding hydrogens is 336 g/mol. The Bertz CT molecular complexity index is 642. The van der Waals surface area contributed by atoms with Gasteiger partial charge in [-0.3, -0.25) is 10.1 Å². The molecule has 0 spiro atoms. The number of nitro benzene ring substituents is 1. The minimum absolute atomic E-state index is 0.0355. The van der Waals surface area contributed by atoms with Crippen LogP contribution in [0, 0.1) is 10.1 Å². The molecule has 2 N–H and O–H groups in total. The van der Waals surface area contributed by atoms with E-state index in [4.69, 9.17) is 10.5 Å². The van der Waals surface area contributed by atoms with Crippen molar-refractivity contribution in [3.05, 3.63) is 68.2 Å². The number of benzene rings is 2. The van der Waals surface area contributed by atoms with Gasteiger partial charge in [0.2, 0.25) is 0 Å². The number of nitrogens with two attached hydrogens (primary N) is 1. The Morgan fingerprint density at radius 3 is 2.52 bits per heavy atom. The van der Waals surface area contributed by atoms with Gasteiger partial charge in [-0.05, 0) is 36.8 Å². The lowest BCUT2D eigenvalue weighted by Gasteiger charge is -2.09. The van der Waals surface area contributed by atoms with Crippen LogP contribution >= 0.6 is 15.9 Å². The topological polar surface area (TPSA) is 78.4 Å². The molecule has 110 valence electrons. The summed E-state index contributed by atoms with van der Waals surface area (Å²) in [4.78, 5) is 10.6. The predicted molar refractivity (Wildman–Crippen MR) is 84.2 cm³/mol. The minimum atomic E-state index is -0.414. The average Bonchev–Trinajstić information content (AvgIpc) is 2.46. The molecule has 0 aliphatic carbocycles. The number of hydrogen-bond donors (Lipinski definition) is 1. The van der Waals surface area contributed by atoms with Crippen LogP contribution in [0.4, 0.5) is 5.69 Å². The van der Waals surface area contributed by atoms with E-state index in [0.29, 0.717) is 15.8 Å². The zero-order valence-electron chi connectivity index (χ0n) is 11.5. The van der Waals surface area contributed by atoms with Crippen molar-refractivity contribution in [2.75, 3.05) is 0 Å². The van der Waals surface area contributed by atoms with E-state index in [1.165, 1.54) is 6.07 Å². The summed E-state index contributed by atoms with van der Waals surface area (Å²) in [5, 5.41) is 11.0. The van der Waals surface area contributed by atoms with Gasteiger partial charge in [0.25, 0.3) is 5.69 Å². The van der Waals surface area contributed by atoms with Gasteiger partial charge in [-0.15, -0.1) is 0 Å². The first-order valence-electron chi connectivity index (χ1n) is 6.38. The molecule has 6 heteroatoms. The summed E-state index contributed by atoms with van der Waals surface area (Å²) >= 11 is 3.22. The summed E-state index contributed by atoms with van der Waals surface area (Å²) in [5.41, 5.74) is 7.35. The van der Waals surface area contributed by atoms with Crippen LogP contribution in [0.25, 0.3) is 0 Å². The second-order valence-corrected chi connectivity index (χ2v) is 5.59. The zero-order valence-corrected chi connectivity index (χ0v) is 13.0. The van der Waals surface area contributed by atoms with E-state index < -0.39 is 4.92 Å². The van der Waals surface area contributed by atoms with Crippen molar-refractivity contribution in [2.45, 2.75) is 19.6 Å². The zero-order chi connectivity index (χ0) is 15.4. The van der Waals surface area contributed by atoms with Crippen molar-refractivity contribution in [1.29, 1.82) is 0 Å². The molecule has 21 heavy (non-hydrogen) atoms. The molecular formula is C15H15BrN2O3. The first kappa shape index (κ1) is 15.5. The van der Waals surface area contributed by atoms with E-state index in [9.17, 15) is 10.1 Å². The normalized spacial score (nSPS) is 12.0. The van der Waals surface area contributed by atoms with E-state index in [-0.39, 0.29) is 18.3 Å². The second kappa shape index (κ2) is 6.69. The fourth-order valence-corrected chi connectivity index (χ4v) is 2.21. The highest BCUT2D eigenvalue weighted by molar-refractivity contribution is 9.10. The lowest BCUT2D eigenvalue weighted by molar-refractivity contribution is -0.385. The third-order valence-corrected chi connectivity index (χ3v) is 3.54. The summed E-state index contributed by atoms with van der Waals surface area (Å²) in [6.07, 6.45) is 0. The van der Waals surface area contributed by atoms with Crippen LogP contribution in [-0.2, 0) is 6.61 Å². The molecule has 0 aliphatic heterocycles. The van der Waals surface area contributed by atoms with E-state index in [2.05, 4.69) is 15.9 Å². The maximum Gasteiger partial charge on any atom is 0.277 e. The Hall–Kier alpha value is -1.92. The second-order valence-electron chi connectivity index (χ2n) is 4.68. The Labute approximate surface area is 131 Å². The highest BCUT2D eigenvalue weighted by Gasteiger charge is 2.14. The van der Waals surface area contributed by atoms with Gasteiger partial charge >= 0.3 is 0 Å². The largest absolute Gasteiger partial charge is 0.489 e. The monoisotopic (exact) mass is 350 g/mol. The number of halogens is 1. The van der Waals surface area contributed by atoms with Crippen molar-refractivity contribution in [3.63, 3.8) is 0 Å². The molecule has 0 saturated carbocycles. The first-order chi connectivity index (χ1) is 9.97. The third-order valence-electron chi connectivity index (χ3n) is 3.04. The van der Waals surface area contributed by atoms with Gasteiger partial charge < -0.3 is 10.5 Å². The van der Waals surface area contributed by atoms with Gasteiger partial charge in [0, 0.05) is 16.6 Å². The van der Waals surface area contributed by atoms with Crippen LogP contribution < -0.4 is 10.5 Å². The summed E-state index contributed by atoms with van der Waals surface area (Å²) in [5.74, 6) is 0.650. The summed E-state index contributed by atoms with van der Waals surface area (Å²) in [6, 6.07) is 12.3. The summed E-state index contributed by atoms with van der Waals surface area (Å²) < 4.78 is 6.26. The van der Waals surface area contributed by atoms with E-state index in [1.54, 1.807) is 12.1 Å². The SMILES string of the molecule is C[C@@H](N)c1ccc(OCc2ccc(Br)cc2[N+](=O)[O-])cc1. The Morgan fingerprint density at radius 2 is 1.95 bits per heavy atom. The van der Waals surface area contributed by atoms with Gasteiger partial charge in [0.05, 0.1) is 10.5 Å². The van der Waals surface area contributed by atoms with Gasteiger partial charge in [-0.1, -0.05) is 28.1 Å². The Kier molecular flexibility index (Phi) is 4.93. The molecule has 0 bridgehead atoms. The molecule has 0 unspecified atom stereocenters. The van der Waals surface area contributed by atoms with Crippen LogP contribution in [0.5, 0.6) is 5.75 Å². The van der Waals surface area contributed by atoms with Gasteiger partial charge in [0.15, 0.2) is 0 Å². The fourth-order valence-electron chi connectivity index (χ4n) is 1.86. The van der Waals surface area contributed by atoms with E-state index in [1.807, 2.05) is 31.2 Å². The Morgan fingerprint density at radius 1 is 1.29 bits per heavy atom. The van der Waals surface area contributed by atoms with Crippen LogP contribution in [0.15, 0.2) is 46.9 Å². The minimum Gasteiger partial charge on any atom is -0.489 e. The predicted octanol–water partition coefficient (Wildman–Crippen LogP) is 3.96. The number of nitrogens with zero attached hydrogens (tertiary/aromatic N) is 1. The quantitative estimate of drug-likeness (QED) is 0.653. The molecule has 0 aliphatic rings. The van der Waals surface area contributed by atoms with E-state index >= 15 is 0 Å². The summed E-state index contributed by atoms with van der Waals surface area (Å²) in [7, 11) is 0. The van der Waals surface area contributed by atoms with Crippen LogP contribution in [0.3, 0.4) is 0 Å². The molecule has 2 aromatic carbocycles. The Balaban J connectivity index is 2.11. The first-order valence-corrected chi connectivity index (χ1v) is 7.18. The van der Waals surface area contributed by atoms with Crippen molar-refractivity contribution in [1.82, 2.24) is 0 Å². The molecule has 0 fully saturated rings. The van der Waals surface area contributed by atoms with Gasteiger partial charge in [0.1, 0.15) is 12.4 Å². The lowest BCUT2D eigenvalue weighted by atomic mass is 10.1. The van der Waals surface area contributed by atoms with Crippen LogP contribution in [-0.4, -0.2) is 4.92 Å². The van der Waals surface area contributed by atoms with Crippen LogP contribution in [0.2, 0.25) is 0 Å². The van der Waals surface area contributed by atoms with Crippen molar-refractivity contribution >= 4 is 21.6 Å². The van der Waals surface area contributed by atoms with Crippen molar-refractivity contribution in [3.8, 4) is 5.75 Å². The molecule has 0 heterocycles. The molecule has 0 saturated heterocycles. The molecule has 0 aromatic heterocycles. The maximum atomic E-state index is 11.0. The average molecular weight is 351 g/mol. The number of rotatable bonds is 5. The molecule has 2 aromatic rings. The number of nitro groups is 1. The van der Waals surface area contributed by atoms with Gasteiger partial charge in [-0.2, -0.15) is 0 Å². The molecule has 0 radical (unpaired) electrons. The van der Waals surface area contributed by atoms with E-state index in [0.717, 1.165) is 5.56 Å². The lowest BCUT2D eigenvalue weighted by Crippen LogP contribution is -2.04. The molecule has 2 rings (SSSR count). The highest BCUT2D eigenvalue weighted by Crippen LogP contribution is 2.25. The smallest absolute Gasteiger partial charge is 0.277 e. The molecule has 0 amide bonds. The van der Waals surface area contributed by atoms with Crippen molar-refractivity contribution in [2.24, 2.45) is 5.73 Å². The number of hydrogen-bond acceptors (Lipinski definition) is 4. The van der Waals surface area contributed by atoms with Crippen LogP contribution in [0.1, 0.15) is 24.1 Å². The molecule has 5 nitrogen and oxygen atoms in total. The van der Waals surface area contributed by atoms with Crippen molar-refractivity contribution < 1.29 is 9.66 Å². The number of ether oxygens (including phenoxy) is 1. The summed E-state index contributed by atoms with van der Waals surface area (Å²) in [6.45, 7) is 2.04. The molecule has 1 atom stereocenters. The standard InChI is InChI=1S/C15H15BrN2O3/c1-10(17)11-3-6-14(7-4-11)21-9-12-2-5-13(16)8-15(12)18(19)20/h2-8,10H,9,17H2,1H3/t10-/m1/s1. The fraction of sp³-hybridized carbons (Fsp3) is 0.200. The maximum absolute atomic E-state index is 11.0.